The molecule has 0 fully saturated rings. The number of esters is 1. The molecule has 0 aliphatic carbocycles. The Balaban J connectivity index is 2.47. The summed E-state index contributed by atoms with van der Waals surface area (Å²) in [5.41, 5.74) is 0.571. The average Bonchev–Trinajstić information content (AvgIpc) is 2.74. The second kappa shape index (κ2) is 5.17. The molecule has 0 bridgehead atoms. The van der Waals surface area contributed by atoms with Gasteiger partial charge in [0.15, 0.2) is 0 Å². The molecular formula is C13H12F2N2O2. The number of ether oxygens (including phenoxy) is 1. The maximum Gasteiger partial charge on any atom is 0.341 e. The number of carbonyl (C=O) groups is 1. The van der Waals surface area contributed by atoms with Crippen molar-refractivity contribution < 1.29 is 18.3 Å². The summed E-state index contributed by atoms with van der Waals surface area (Å²) in [4.78, 5) is 11.6. The van der Waals surface area contributed by atoms with Crippen molar-refractivity contribution in [2.75, 3.05) is 6.61 Å². The molecule has 1 heterocycles. The van der Waals surface area contributed by atoms with E-state index in [2.05, 4.69) is 5.10 Å². The molecule has 2 aromatic rings. The van der Waals surface area contributed by atoms with Crippen molar-refractivity contribution in [3.63, 3.8) is 0 Å². The number of nitrogens with zero attached hydrogens (tertiary/aromatic N) is 2. The molecule has 0 unspecified atom stereocenters. The molecule has 2 rings (SSSR count). The molecule has 0 amide bonds. The van der Waals surface area contributed by atoms with Crippen LogP contribution in [0.25, 0.3) is 5.69 Å². The van der Waals surface area contributed by atoms with E-state index in [1.54, 1.807) is 13.8 Å². The fourth-order valence-electron chi connectivity index (χ4n) is 1.71. The summed E-state index contributed by atoms with van der Waals surface area (Å²) in [5.74, 6) is -1.74. The lowest BCUT2D eigenvalue weighted by Crippen LogP contribution is -2.07. The van der Waals surface area contributed by atoms with Crippen molar-refractivity contribution >= 4 is 5.97 Å². The molecule has 0 N–H and O–H groups in total. The number of carbonyl (C=O) groups excluding carboxylic acids is 1. The SMILES string of the molecule is CCOC(=O)c1cnn(-c2cc(F)ccc2F)c1C. The molecule has 0 saturated heterocycles. The van der Waals surface area contributed by atoms with Crippen LogP contribution < -0.4 is 0 Å². The van der Waals surface area contributed by atoms with Crippen molar-refractivity contribution in [3.8, 4) is 5.69 Å². The van der Waals surface area contributed by atoms with Crippen LogP contribution in [0.3, 0.4) is 0 Å². The van der Waals surface area contributed by atoms with Crippen LogP contribution in [0.4, 0.5) is 8.78 Å². The van der Waals surface area contributed by atoms with Gasteiger partial charge in [0, 0.05) is 6.07 Å². The molecule has 4 nitrogen and oxygen atoms in total. The van der Waals surface area contributed by atoms with E-state index >= 15 is 0 Å². The zero-order valence-electron chi connectivity index (χ0n) is 10.5. The highest BCUT2D eigenvalue weighted by molar-refractivity contribution is 5.90. The number of halogens is 2. The fourth-order valence-corrected chi connectivity index (χ4v) is 1.71. The molecule has 0 radical (unpaired) electrons. The Kier molecular flexibility index (Phi) is 3.59. The predicted molar refractivity (Wildman–Crippen MR) is 64.2 cm³/mol. The van der Waals surface area contributed by atoms with E-state index in [-0.39, 0.29) is 17.9 Å². The smallest absolute Gasteiger partial charge is 0.341 e. The largest absolute Gasteiger partial charge is 0.462 e. The highest BCUT2D eigenvalue weighted by atomic mass is 19.1. The standard InChI is InChI=1S/C13H12F2N2O2/c1-3-19-13(18)10-7-16-17(8(10)2)12-6-9(14)4-5-11(12)15/h4-7H,3H2,1-2H3. The van der Waals surface area contributed by atoms with Crippen molar-refractivity contribution in [1.29, 1.82) is 0 Å². The van der Waals surface area contributed by atoms with Crippen molar-refractivity contribution in [1.82, 2.24) is 9.78 Å². The minimum atomic E-state index is -0.622. The Hall–Kier alpha value is -2.24. The number of benzene rings is 1. The third-order valence-electron chi connectivity index (χ3n) is 2.64. The van der Waals surface area contributed by atoms with E-state index in [9.17, 15) is 13.6 Å². The first-order valence-electron chi connectivity index (χ1n) is 5.71. The van der Waals surface area contributed by atoms with Gasteiger partial charge in [0.05, 0.1) is 18.5 Å². The second-order valence-electron chi connectivity index (χ2n) is 3.87. The van der Waals surface area contributed by atoms with E-state index in [4.69, 9.17) is 4.74 Å². The van der Waals surface area contributed by atoms with Gasteiger partial charge in [0.25, 0.3) is 0 Å². The average molecular weight is 266 g/mol. The Morgan fingerprint density at radius 1 is 1.42 bits per heavy atom. The van der Waals surface area contributed by atoms with Crippen LogP contribution in [0.5, 0.6) is 0 Å². The summed E-state index contributed by atoms with van der Waals surface area (Å²) in [6.07, 6.45) is 1.28. The molecule has 0 aliphatic heterocycles. The van der Waals surface area contributed by atoms with Crippen molar-refractivity contribution in [3.05, 3.63) is 47.3 Å². The van der Waals surface area contributed by atoms with Gasteiger partial charge in [-0.2, -0.15) is 5.10 Å². The molecule has 100 valence electrons. The molecule has 0 spiro atoms. The minimum absolute atomic E-state index is 0.0481. The highest BCUT2D eigenvalue weighted by Crippen LogP contribution is 2.18. The van der Waals surface area contributed by atoms with E-state index in [1.165, 1.54) is 10.9 Å². The third-order valence-corrected chi connectivity index (χ3v) is 2.64. The monoisotopic (exact) mass is 266 g/mol. The van der Waals surface area contributed by atoms with Gasteiger partial charge in [-0.25, -0.2) is 18.3 Å². The van der Waals surface area contributed by atoms with Gasteiger partial charge in [-0.15, -0.1) is 0 Å². The molecule has 6 heteroatoms. The topological polar surface area (TPSA) is 44.1 Å². The first kappa shape index (κ1) is 13.2. The Bertz CT molecular complexity index is 623. The number of rotatable bonds is 3. The quantitative estimate of drug-likeness (QED) is 0.802. The molecule has 1 aromatic heterocycles. The van der Waals surface area contributed by atoms with Gasteiger partial charge in [-0.3, -0.25) is 0 Å². The lowest BCUT2D eigenvalue weighted by atomic mass is 10.2. The number of hydrogen-bond acceptors (Lipinski definition) is 3. The van der Waals surface area contributed by atoms with Gasteiger partial charge < -0.3 is 4.74 Å². The van der Waals surface area contributed by atoms with Crippen LogP contribution in [0, 0.1) is 18.6 Å². The van der Waals surface area contributed by atoms with E-state index in [0.29, 0.717) is 5.69 Å². The van der Waals surface area contributed by atoms with Crippen molar-refractivity contribution in [2.24, 2.45) is 0 Å². The molecular weight excluding hydrogens is 254 g/mol. The van der Waals surface area contributed by atoms with Crippen LogP contribution in [-0.2, 0) is 4.74 Å². The van der Waals surface area contributed by atoms with E-state index in [0.717, 1.165) is 18.2 Å². The lowest BCUT2D eigenvalue weighted by molar-refractivity contribution is 0.0525. The molecule has 0 aliphatic rings. The summed E-state index contributed by atoms with van der Waals surface area (Å²) >= 11 is 0. The van der Waals surface area contributed by atoms with Crippen LogP contribution in [0.2, 0.25) is 0 Å². The number of hydrogen-bond donors (Lipinski definition) is 0. The molecule has 0 saturated carbocycles. The summed E-state index contributed by atoms with van der Waals surface area (Å²) in [5, 5.41) is 3.90. The molecule has 19 heavy (non-hydrogen) atoms. The third kappa shape index (κ3) is 2.47. The summed E-state index contributed by atoms with van der Waals surface area (Å²) in [6, 6.07) is 3.05. The number of aromatic nitrogens is 2. The first-order valence-corrected chi connectivity index (χ1v) is 5.71. The molecule has 0 atom stereocenters. The van der Waals surface area contributed by atoms with Gasteiger partial charge >= 0.3 is 5.97 Å². The fraction of sp³-hybridized carbons (Fsp3) is 0.231. The van der Waals surface area contributed by atoms with Gasteiger partial charge in [0.1, 0.15) is 22.9 Å². The van der Waals surface area contributed by atoms with E-state index in [1.807, 2.05) is 0 Å². The maximum absolute atomic E-state index is 13.7. The van der Waals surface area contributed by atoms with Gasteiger partial charge in [0.2, 0.25) is 0 Å². The second-order valence-corrected chi connectivity index (χ2v) is 3.87. The van der Waals surface area contributed by atoms with Crippen LogP contribution in [0.1, 0.15) is 23.0 Å². The van der Waals surface area contributed by atoms with Gasteiger partial charge in [-0.1, -0.05) is 0 Å². The van der Waals surface area contributed by atoms with Crippen LogP contribution in [0.15, 0.2) is 24.4 Å². The summed E-state index contributed by atoms with van der Waals surface area (Å²) < 4.78 is 32.8. The normalized spacial score (nSPS) is 10.5. The van der Waals surface area contributed by atoms with Crippen LogP contribution in [-0.4, -0.2) is 22.4 Å². The minimum Gasteiger partial charge on any atom is -0.462 e. The van der Waals surface area contributed by atoms with Crippen LogP contribution >= 0.6 is 0 Å². The summed E-state index contributed by atoms with van der Waals surface area (Å²) in [6.45, 7) is 3.51. The zero-order valence-corrected chi connectivity index (χ0v) is 10.5. The zero-order chi connectivity index (χ0) is 14.0. The summed E-state index contributed by atoms with van der Waals surface area (Å²) in [7, 11) is 0. The predicted octanol–water partition coefficient (Wildman–Crippen LogP) is 2.64. The Labute approximate surface area is 108 Å². The Morgan fingerprint density at radius 3 is 2.84 bits per heavy atom. The maximum atomic E-state index is 13.7. The molecule has 1 aromatic carbocycles. The lowest BCUT2D eigenvalue weighted by Gasteiger charge is -2.06. The van der Waals surface area contributed by atoms with Gasteiger partial charge in [-0.05, 0) is 26.0 Å². The Morgan fingerprint density at radius 2 is 2.16 bits per heavy atom. The first-order chi connectivity index (χ1) is 9.04. The van der Waals surface area contributed by atoms with Crippen molar-refractivity contribution in [2.45, 2.75) is 13.8 Å². The van der Waals surface area contributed by atoms with E-state index < -0.39 is 17.6 Å². The highest BCUT2D eigenvalue weighted by Gasteiger charge is 2.18.